The summed E-state index contributed by atoms with van der Waals surface area (Å²) in [5.41, 5.74) is 1.01. The maximum atomic E-state index is 14.0. The fourth-order valence-corrected chi connectivity index (χ4v) is 3.68. The summed E-state index contributed by atoms with van der Waals surface area (Å²) in [6.07, 6.45) is 3.46. The number of anilines is 1. The Hall–Kier alpha value is -3.17. The summed E-state index contributed by atoms with van der Waals surface area (Å²) in [5.74, 6) is 1.29. The minimum absolute atomic E-state index is 0.00511. The van der Waals surface area contributed by atoms with Crippen molar-refractivity contribution in [2.45, 2.75) is 25.4 Å². The number of hydrogen-bond acceptors (Lipinski definition) is 8. The molecule has 170 valence electrons. The Bertz CT molecular complexity index is 1060. The number of aromatic hydroxyl groups is 1. The van der Waals surface area contributed by atoms with Crippen molar-refractivity contribution in [3.8, 4) is 17.2 Å². The number of benzene rings is 2. The number of phenols is 1. The second kappa shape index (κ2) is 10.4. The fourth-order valence-electron chi connectivity index (χ4n) is 3.68. The monoisotopic (exact) mass is 442 g/mol. The van der Waals surface area contributed by atoms with Gasteiger partial charge in [0.25, 0.3) is 0 Å². The highest BCUT2D eigenvalue weighted by atomic mass is 19.1. The molecule has 32 heavy (non-hydrogen) atoms. The first-order valence-corrected chi connectivity index (χ1v) is 10.6. The molecular formula is C23H27FN4O4. The first-order valence-electron chi connectivity index (χ1n) is 10.6. The van der Waals surface area contributed by atoms with Gasteiger partial charge in [0, 0.05) is 49.4 Å². The normalized spacial score (nSPS) is 14.4. The molecule has 0 saturated carbocycles. The van der Waals surface area contributed by atoms with Gasteiger partial charge in [-0.2, -0.15) is 0 Å². The highest BCUT2D eigenvalue weighted by Gasteiger charge is 2.14. The van der Waals surface area contributed by atoms with Crippen LogP contribution in [0.25, 0.3) is 10.9 Å². The highest BCUT2D eigenvalue weighted by Crippen LogP contribution is 2.34. The molecule has 2 aromatic carbocycles. The van der Waals surface area contributed by atoms with Crippen LogP contribution < -0.4 is 20.1 Å². The summed E-state index contributed by atoms with van der Waals surface area (Å²) >= 11 is 0. The van der Waals surface area contributed by atoms with Crippen molar-refractivity contribution < 1.29 is 23.7 Å². The number of fused-ring (bicyclic) bond motifs is 1. The minimum atomic E-state index is -0.406. The third-order valence-corrected chi connectivity index (χ3v) is 5.41. The Morgan fingerprint density at radius 1 is 1.16 bits per heavy atom. The van der Waals surface area contributed by atoms with E-state index >= 15 is 0 Å². The number of ether oxygens (including phenoxy) is 3. The molecule has 0 aliphatic carbocycles. The molecule has 8 nitrogen and oxygen atoms in total. The number of hydrogen-bond donors (Lipinski definition) is 3. The van der Waals surface area contributed by atoms with E-state index in [0.29, 0.717) is 41.0 Å². The van der Waals surface area contributed by atoms with Gasteiger partial charge in [-0.05, 0) is 37.1 Å². The van der Waals surface area contributed by atoms with Crippen LogP contribution in [0.5, 0.6) is 17.2 Å². The van der Waals surface area contributed by atoms with Crippen molar-refractivity contribution >= 4 is 16.7 Å². The number of aromatic nitrogens is 2. The van der Waals surface area contributed by atoms with Gasteiger partial charge >= 0.3 is 0 Å². The zero-order valence-corrected chi connectivity index (χ0v) is 17.9. The van der Waals surface area contributed by atoms with Crippen molar-refractivity contribution in [1.29, 1.82) is 0 Å². The number of nitrogens with one attached hydrogen (secondary N) is 2. The molecule has 1 aliphatic heterocycles. The van der Waals surface area contributed by atoms with Gasteiger partial charge in [0.15, 0.2) is 11.5 Å². The molecule has 0 spiro atoms. The zero-order valence-electron chi connectivity index (χ0n) is 17.9. The van der Waals surface area contributed by atoms with Crippen molar-refractivity contribution in [1.82, 2.24) is 15.3 Å². The SMILES string of the molecule is COc1cc2c(NCc3cc(O)ccc3F)ncnc2cc1OCCNC1CCOCC1. The first-order chi connectivity index (χ1) is 15.6. The number of phenolic OH excluding ortho intramolecular Hbond substituents is 1. The topological polar surface area (TPSA) is 97.8 Å². The van der Waals surface area contributed by atoms with E-state index in [0.717, 1.165) is 38.0 Å². The average Bonchev–Trinajstić information content (AvgIpc) is 2.82. The maximum Gasteiger partial charge on any atom is 0.163 e. The van der Waals surface area contributed by atoms with Gasteiger partial charge in [-0.25, -0.2) is 14.4 Å². The quantitative estimate of drug-likeness (QED) is 0.435. The lowest BCUT2D eigenvalue weighted by atomic mass is 10.1. The lowest BCUT2D eigenvalue weighted by molar-refractivity contribution is 0.0770. The molecule has 0 unspecified atom stereocenters. The number of rotatable bonds is 9. The fraction of sp³-hybridized carbons (Fsp3) is 0.391. The molecule has 3 aromatic rings. The Morgan fingerprint density at radius 2 is 2.00 bits per heavy atom. The molecule has 4 rings (SSSR count). The molecule has 1 aliphatic rings. The van der Waals surface area contributed by atoms with Crippen LogP contribution in [0.3, 0.4) is 0 Å². The van der Waals surface area contributed by atoms with E-state index in [1.807, 2.05) is 6.07 Å². The molecule has 3 N–H and O–H groups in total. The van der Waals surface area contributed by atoms with Crippen LogP contribution in [-0.4, -0.2) is 54.6 Å². The zero-order chi connectivity index (χ0) is 22.3. The van der Waals surface area contributed by atoms with Gasteiger partial charge in [-0.15, -0.1) is 0 Å². The molecule has 1 fully saturated rings. The summed E-state index contributed by atoms with van der Waals surface area (Å²) in [6, 6.07) is 8.00. The van der Waals surface area contributed by atoms with Crippen LogP contribution in [0.15, 0.2) is 36.7 Å². The molecule has 0 radical (unpaired) electrons. The van der Waals surface area contributed by atoms with Crippen molar-refractivity contribution in [2.75, 3.05) is 38.8 Å². The largest absolute Gasteiger partial charge is 0.508 e. The Morgan fingerprint density at radius 3 is 2.81 bits per heavy atom. The number of methoxy groups -OCH3 is 1. The van der Waals surface area contributed by atoms with Gasteiger partial charge in [-0.3, -0.25) is 0 Å². The van der Waals surface area contributed by atoms with E-state index in [1.165, 1.54) is 24.5 Å². The standard InChI is InChI=1S/C23H27FN4O4/c1-30-21-11-18-20(12-22(21)32-9-6-25-16-4-7-31-8-5-16)27-14-28-23(18)26-13-15-10-17(29)2-3-19(15)24/h2-3,10-12,14,16,25,29H,4-9,13H2,1H3,(H,26,27,28). The molecule has 0 atom stereocenters. The van der Waals surface area contributed by atoms with E-state index in [4.69, 9.17) is 14.2 Å². The molecule has 2 heterocycles. The summed E-state index contributed by atoms with van der Waals surface area (Å²) in [4.78, 5) is 8.62. The van der Waals surface area contributed by atoms with Crippen LogP contribution in [0.2, 0.25) is 0 Å². The van der Waals surface area contributed by atoms with Crippen molar-refractivity contribution in [3.05, 3.63) is 48.0 Å². The predicted molar refractivity (Wildman–Crippen MR) is 119 cm³/mol. The molecule has 1 aromatic heterocycles. The third-order valence-electron chi connectivity index (χ3n) is 5.41. The van der Waals surface area contributed by atoms with Gasteiger partial charge < -0.3 is 30.0 Å². The molecular weight excluding hydrogens is 415 g/mol. The minimum Gasteiger partial charge on any atom is -0.508 e. The Labute approximate surface area is 185 Å². The second-order valence-electron chi connectivity index (χ2n) is 7.56. The lowest BCUT2D eigenvalue weighted by Gasteiger charge is -2.23. The lowest BCUT2D eigenvalue weighted by Crippen LogP contribution is -2.37. The maximum absolute atomic E-state index is 14.0. The van der Waals surface area contributed by atoms with E-state index < -0.39 is 5.82 Å². The third kappa shape index (κ3) is 5.35. The van der Waals surface area contributed by atoms with Gasteiger partial charge in [0.05, 0.1) is 12.6 Å². The Kier molecular flexibility index (Phi) is 7.18. The van der Waals surface area contributed by atoms with Crippen LogP contribution in [-0.2, 0) is 11.3 Å². The highest BCUT2D eigenvalue weighted by molar-refractivity contribution is 5.91. The van der Waals surface area contributed by atoms with E-state index in [-0.39, 0.29) is 12.3 Å². The summed E-state index contributed by atoms with van der Waals surface area (Å²) in [5, 5.41) is 16.9. The summed E-state index contributed by atoms with van der Waals surface area (Å²) in [6.45, 7) is 2.96. The van der Waals surface area contributed by atoms with Crippen molar-refractivity contribution in [3.63, 3.8) is 0 Å². The molecule has 9 heteroatoms. The van der Waals surface area contributed by atoms with Crippen LogP contribution in [0.4, 0.5) is 10.2 Å². The van der Waals surface area contributed by atoms with Gasteiger partial charge in [-0.1, -0.05) is 0 Å². The van der Waals surface area contributed by atoms with E-state index in [2.05, 4.69) is 20.6 Å². The van der Waals surface area contributed by atoms with Gasteiger partial charge in [0.1, 0.15) is 30.3 Å². The molecule has 1 saturated heterocycles. The van der Waals surface area contributed by atoms with Crippen LogP contribution >= 0.6 is 0 Å². The van der Waals surface area contributed by atoms with Gasteiger partial charge in [0.2, 0.25) is 0 Å². The average molecular weight is 442 g/mol. The second-order valence-corrected chi connectivity index (χ2v) is 7.56. The first kappa shape index (κ1) is 22.0. The smallest absolute Gasteiger partial charge is 0.163 e. The summed E-state index contributed by atoms with van der Waals surface area (Å²) < 4.78 is 30.8. The van der Waals surface area contributed by atoms with Crippen LogP contribution in [0, 0.1) is 5.82 Å². The number of nitrogens with zero attached hydrogens (tertiary/aromatic N) is 2. The molecule has 0 amide bonds. The predicted octanol–water partition coefficient (Wildman–Crippen LogP) is 3.24. The van der Waals surface area contributed by atoms with E-state index in [1.54, 1.807) is 13.2 Å². The number of halogens is 1. The van der Waals surface area contributed by atoms with Crippen molar-refractivity contribution in [2.24, 2.45) is 0 Å². The molecule has 0 bridgehead atoms. The van der Waals surface area contributed by atoms with Crippen LogP contribution in [0.1, 0.15) is 18.4 Å². The Balaban J connectivity index is 1.45. The summed E-state index contributed by atoms with van der Waals surface area (Å²) in [7, 11) is 1.58. The van der Waals surface area contributed by atoms with E-state index in [9.17, 15) is 9.50 Å².